The Kier molecular flexibility index (Phi) is 8.16. The third-order valence-electron chi connectivity index (χ3n) is 7.71. The highest BCUT2D eigenvalue weighted by atomic mass is 32.1. The molecule has 0 bridgehead atoms. The van der Waals surface area contributed by atoms with Crippen LogP contribution in [0, 0.1) is 12.8 Å². The van der Waals surface area contributed by atoms with Crippen LogP contribution in [-0.4, -0.2) is 47.0 Å². The van der Waals surface area contributed by atoms with Crippen LogP contribution in [0.15, 0.2) is 50.7 Å². The molecule has 1 amide bonds. The summed E-state index contributed by atoms with van der Waals surface area (Å²) in [6.07, 6.45) is 4.12. The summed E-state index contributed by atoms with van der Waals surface area (Å²) in [4.78, 5) is 45.8. The monoisotopic (exact) mass is 582 g/mol. The normalized spacial score (nSPS) is 15.3. The van der Waals surface area contributed by atoms with Crippen LogP contribution in [0.5, 0.6) is 5.75 Å². The summed E-state index contributed by atoms with van der Waals surface area (Å²) in [5.41, 5.74) is 4.19. The molecule has 0 aliphatic carbocycles. The van der Waals surface area contributed by atoms with Gasteiger partial charge in [-0.15, -0.1) is 11.3 Å². The quantitative estimate of drug-likeness (QED) is 0.299. The smallest absolute Gasteiger partial charge is 0.333 e. The Morgan fingerprint density at radius 3 is 2.63 bits per heavy atom. The van der Waals surface area contributed by atoms with Gasteiger partial charge in [-0.05, 0) is 51.2 Å². The van der Waals surface area contributed by atoms with Crippen molar-refractivity contribution in [2.45, 2.75) is 51.8 Å². The van der Waals surface area contributed by atoms with Crippen molar-refractivity contribution in [1.29, 1.82) is 0 Å². The molecular formula is C29H34N4O7S. The summed E-state index contributed by atoms with van der Waals surface area (Å²) in [5, 5.41) is 0.292. The topological polar surface area (TPSA) is 141 Å². The van der Waals surface area contributed by atoms with Crippen LogP contribution in [-0.2, 0) is 26.4 Å². The maximum Gasteiger partial charge on any atom is 0.333 e. The van der Waals surface area contributed by atoms with Crippen molar-refractivity contribution in [2.75, 3.05) is 26.9 Å². The zero-order chi connectivity index (χ0) is 29.3. The number of oxazole rings is 1. The van der Waals surface area contributed by atoms with Crippen molar-refractivity contribution in [1.82, 2.24) is 14.1 Å². The molecule has 1 saturated heterocycles. The molecule has 1 atom stereocenters. The average Bonchev–Trinajstić information content (AvgIpc) is 3.61. The number of primary amides is 1. The van der Waals surface area contributed by atoms with Crippen LogP contribution in [0.2, 0.25) is 0 Å². The Morgan fingerprint density at radius 1 is 1.24 bits per heavy atom. The number of benzene rings is 1. The molecule has 4 aromatic rings. The van der Waals surface area contributed by atoms with Crippen LogP contribution in [0.1, 0.15) is 43.9 Å². The number of nitrogens with zero attached hydrogens (tertiary/aromatic N) is 3. The lowest BCUT2D eigenvalue weighted by atomic mass is 10.0. The number of fused-ring (bicyclic) bond motifs is 1. The Balaban J connectivity index is 1.71. The number of thiophene rings is 1. The standard InChI is InChI=1S/C29H34N4O7S/c1-17-22-25(34)33(29(2,3)27(30)35)28(36)32(26(22)41-23(17)24-31-11-14-39-24)15-21(19-7-5-6-8-20(19)37-4)40-16-18-9-12-38-13-10-18/h5-8,11,14,18,21H,9-10,12-13,15-16H2,1-4H3,(H2,30,35)/t21-/m0/s1. The molecule has 41 heavy (non-hydrogen) atoms. The van der Waals surface area contributed by atoms with E-state index in [9.17, 15) is 14.4 Å². The van der Waals surface area contributed by atoms with E-state index < -0.39 is 28.8 Å². The predicted molar refractivity (Wildman–Crippen MR) is 154 cm³/mol. The molecule has 1 aliphatic rings. The molecule has 11 nitrogen and oxygen atoms in total. The molecular weight excluding hydrogens is 548 g/mol. The maximum absolute atomic E-state index is 14.2. The van der Waals surface area contributed by atoms with Crippen LogP contribution in [0.4, 0.5) is 0 Å². The van der Waals surface area contributed by atoms with Gasteiger partial charge in [0.2, 0.25) is 11.8 Å². The van der Waals surface area contributed by atoms with Crippen molar-refractivity contribution in [2.24, 2.45) is 11.7 Å². The van der Waals surface area contributed by atoms with E-state index in [1.165, 1.54) is 42.2 Å². The lowest BCUT2D eigenvalue weighted by Gasteiger charge is -2.28. The van der Waals surface area contributed by atoms with E-state index in [1.807, 2.05) is 24.3 Å². The van der Waals surface area contributed by atoms with Gasteiger partial charge in [0.25, 0.3) is 5.56 Å². The summed E-state index contributed by atoms with van der Waals surface area (Å²) >= 11 is 1.23. The van der Waals surface area contributed by atoms with Crippen molar-refractivity contribution < 1.29 is 23.4 Å². The molecule has 1 aromatic carbocycles. The maximum atomic E-state index is 14.2. The SMILES string of the molecule is COc1ccccc1[C@H](Cn1c(=O)n(C(C)(C)C(N)=O)c(=O)c2c(C)c(-c3ncco3)sc21)OCC1CCOCC1. The van der Waals surface area contributed by atoms with Crippen LogP contribution < -0.4 is 21.7 Å². The first-order chi connectivity index (χ1) is 19.6. The van der Waals surface area contributed by atoms with Gasteiger partial charge in [-0.2, -0.15) is 0 Å². The minimum atomic E-state index is -1.59. The number of methoxy groups -OCH3 is 1. The fraction of sp³-hybridized carbons (Fsp3) is 0.448. The van der Waals surface area contributed by atoms with Crippen molar-refractivity contribution in [3.63, 3.8) is 0 Å². The van der Waals surface area contributed by atoms with Crippen LogP contribution >= 0.6 is 11.3 Å². The number of para-hydroxylation sites is 1. The van der Waals surface area contributed by atoms with E-state index in [-0.39, 0.29) is 6.54 Å². The number of hydrogen-bond donors (Lipinski definition) is 1. The van der Waals surface area contributed by atoms with E-state index in [1.54, 1.807) is 14.0 Å². The molecule has 2 N–H and O–H groups in total. The highest BCUT2D eigenvalue weighted by Crippen LogP contribution is 2.37. The van der Waals surface area contributed by atoms with Crippen molar-refractivity contribution >= 4 is 27.5 Å². The van der Waals surface area contributed by atoms with Gasteiger partial charge in [0.1, 0.15) is 28.5 Å². The molecule has 1 fully saturated rings. The fourth-order valence-corrected chi connectivity index (χ4v) is 6.40. The average molecular weight is 583 g/mol. The lowest BCUT2D eigenvalue weighted by Crippen LogP contribution is -2.54. The van der Waals surface area contributed by atoms with E-state index in [0.717, 1.165) is 23.0 Å². The highest BCUT2D eigenvalue weighted by molar-refractivity contribution is 7.22. The second-order valence-corrected chi connectivity index (χ2v) is 11.6. The van der Waals surface area contributed by atoms with E-state index >= 15 is 0 Å². The number of aromatic nitrogens is 3. The number of amides is 1. The molecule has 0 unspecified atom stereocenters. The first kappa shape index (κ1) is 28.8. The fourth-order valence-electron chi connectivity index (χ4n) is 5.15. The van der Waals surface area contributed by atoms with Crippen LogP contribution in [0.25, 0.3) is 21.0 Å². The van der Waals surface area contributed by atoms with Gasteiger partial charge in [-0.25, -0.2) is 14.3 Å². The molecule has 1 aliphatic heterocycles. The number of hydrogen-bond acceptors (Lipinski definition) is 9. The Hall–Kier alpha value is -3.74. The largest absolute Gasteiger partial charge is 0.496 e. The summed E-state index contributed by atoms with van der Waals surface area (Å²) in [6, 6.07) is 7.49. The van der Waals surface area contributed by atoms with Gasteiger partial charge in [-0.1, -0.05) is 18.2 Å². The van der Waals surface area contributed by atoms with E-state index in [4.69, 9.17) is 24.4 Å². The summed E-state index contributed by atoms with van der Waals surface area (Å²) in [7, 11) is 1.58. The van der Waals surface area contributed by atoms with Crippen LogP contribution in [0.3, 0.4) is 0 Å². The molecule has 3 aromatic heterocycles. The molecule has 12 heteroatoms. The third-order valence-corrected chi connectivity index (χ3v) is 9.01. The zero-order valence-electron chi connectivity index (χ0n) is 23.5. The highest BCUT2D eigenvalue weighted by Gasteiger charge is 2.35. The van der Waals surface area contributed by atoms with Gasteiger partial charge in [0.05, 0.1) is 36.7 Å². The zero-order valence-corrected chi connectivity index (χ0v) is 24.4. The van der Waals surface area contributed by atoms with Gasteiger partial charge in [0, 0.05) is 18.8 Å². The summed E-state index contributed by atoms with van der Waals surface area (Å²) in [6.45, 7) is 6.57. The second kappa shape index (κ2) is 11.6. The number of carbonyl (C=O) groups is 1. The first-order valence-corrected chi connectivity index (χ1v) is 14.3. The molecule has 218 valence electrons. The molecule has 0 spiro atoms. The molecule has 0 saturated carbocycles. The Labute approximate surface area is 240 Å². The van der Waals surface area contributed by atoms with Crippen molar-refractivity contribution in [3.8, 4) is 16.5 Å². The number of carbonyl (C=O) groups excluding carboxylic acids is 1. The number of nitrogens with two attached hydrogens (primary N) is 1. The Bertz CT molecular complexity index is 1660. The Morgan fingerprint density at radius 2 is 1.98 bits per heavy atom. The molecule has 5 rings (SSSR count). The lowest BCUT2D eigenvalue weighted by molar-refractivity contribution is -0.125. The first-order valence-electron chi connectivity index (χ1n) is 13.5. The van der Waals surface area contributed by atoms with Gasteiger partial charge in [0.15, 0.2) is 0 Å². The van der Waals surface area contributed by atoms with Gasteiger partial charge < -0.3 is 24.4 Å². The molecule has 4 heterocycles. The third kappa shape index (κ3) is 5.34. The number of rotatable bonds is 10. The number of aryl methyl sites for hydroxylation is 1. The molecule has 0 radical (unpaired) electrons. The minimum absolute atomic E-state index is 0.0546. The van der Waals surface area contributed by atoms with Gasteiger partial charge in [-0.3, -0.25) is 14.2 Å². The van der Waals surface area contributed by atoms with Gasteiger partial charge >= 0.3 is 5.69 Å². The second-order valence-electron chi connectivity index (χ2n) is 10.7. The van der Waals surface area contributed by atoms with E-state index in [2.05, 4.69) is 4.98 Å². The summed E-state index contributed by atoms with van der Waals surface area (Å²) < 4.78 is 25.7. The van der Waals surface area contributed by atoms with E-state index in [0.29, 0.717) is 58.0 Å². The minimum Gasteiger partial charge on any atom is -0.496 e. The summed E-state index contributed by atoms with van der Waals surface area (Å²) in [5.74, 6) is 0.448. The van der Waals surface area contributed by atoms with Crippen molar-refractivity contribution in [3.05, 3.63) is 68.7 Å². The predicted octanol–water partition coefficient (Wildman–Crippen LogP) is 3.60. The number of ether oxygens (including phenoxy) is 3.